The van der Waals surface area contributed by atoms with Crippen molar-refractivity contribution < 1.29 is 9.18 Å². The van der Waals surface area contributed by atoms with Crippen molar-refractivity contribution in [2.75, 3.05) is 24.3 Å². The number of pyridine rings is 1. The lowest BCUT2D eigenvalue weighted by Gasteiger charge is -2.39. The summed E-state index contributed by atoms with van der Waals surface area (Å²) in [5.41, 5.74) is 1.91. The van der Waals surface area contributed by atoms with E-state index in [1.165, 1.54) is 0 Å². The number of rotatable bonds is 6. The van der Waals surface area contributed by atoms with Gasteiger partial charge in [0, 0.05) is 38.7 Å². The zero-order chi connectivity index (χ0) is 18.0. The number of aromatic nitrogens is 1. The second-order valence-electron chi connectivity index (χ2n) is 7.11. The topological polar surface area (TPSA) is 48.5 Å². The molecule has 1 N–H and O–H groups in total. The van der Waals surface area contributed by atoms with Gasteiger partial charge in [-0.3, -0.25) is 4.79 Å². The molecule has 1 fully saturated rings. The molecule has 1 saturated carbocycles. The van der Waals surface area contributed by atoms with Crippen LogP contribution in [-0.4, -0.2) is 42.1 Å². The maximum atomic E-state index is 13.6. The summed E-state index contributed by atoms with van der Waals surface area (Å²) >= 11 is 0. The molecule has 6 heteroatoms. The van der Waals surface area contributed by atoms with E-state index < -0.39 is 5.67 Å². The Labute approximate surface area is 148 Å². The number of hydrogen-bond acceptors (Lipinski definition) is 4. The number of halogens is 1. The van der Waals surface area contributed by atoms with Gasteiger partial charge in [0.15, 0.2) is 0 Å². The summed E-state index contributed by atoms with van der Waals surface area (Å²) in [6, 6.07) is 4.07. The Morgan fingerprint density at radius 3 is 2.72 bits per heavy atom. The average Bonchev–Trinajstić information content (AvgIpc) is 2.59. The Morgan fingerprint density at radius 2 is 2.12 bits per heavy atom. The fraction of sp³-hybridized carbons (Fsp3) is 0.474. The molecule has 0 saturated heterocycles. The number of allylic oxidation sites excluding steroid dienone is 3. The van der Waals surface area contributed by atoms with Gasteiger partial charge in [0.25, 0.3) is 0 Å². The first kappa shape index (κ1) is 17.5. The van der Waals surface area contributed by atoms with Crippen molar-refractivity contribution in [1.29, 1.82) is 0 Å². The number of hydrogen-bond donors (Lipinski definition) is 1. The third-order valence-electron chi connectivity index (χ3n) is 4.89. The Kier molecular flexibility index (Phi) is 4.79. The Bertz CT molecular complexity index is 688. The van der Waals surface area contributed by atoms with E-state index in [1.54, 1.807) is 25.1 Å². The molecular weight excluding hydrogens is 319 g/mol. The van der Waals surface area contributed by atoms with Crippen LogP contribution in [0.5, 0.6) is 0 Å². The summed E-state index contributed by atoms with van der Waals surface area (Å²) in [5.74, 6) is 0.764. The summed E-state index contributed by atoms with van der Waals surface area (Å²) in [6.07, 6.45) is 9.56. The van der Waals surface area contributed by atoms with Gasteiger partial charge in [-0.05, 0) is 38.0 Å². The van der Waals surface area contributed by atoms with Gasteiger partial charge < -0.3 is 15.1 Å². The Balaban J connectivity index is 1.72. The minimum Gasteiger partial charge on any atom is -0.367 e. The van der Waals surface area contributed by atoms with E-state index in [1.807, 2.05) is 25.3 Å². The maximum absolute atomic E-state index is 13.6. The zero-order valence-electron chi connectivity index (χ0n) is 15.0. The molecule has 0 bridgehead atoms. The highest BCUT2D eigenvalue weighted by molar-refractivity contribution is 5.59. The summed E-state index contributed by atoms with van der Waals surface area (Å²) in [5, 5.41) is 3.27. The molecule has 2 aliphatic carbocycles. The lowest BCUT2D eigenvalue weighted by molar-refractivity contribution is -0.115. The molecular formula is C19H25FN4O. The van der Waals surface area contributed by atoms with Crippen LogP contribution in [0.3, 0.4) is 0 Å². The number of nitrogens with one attached hydrogen (secondary N) is 1. The molecule has 0 unspecified atom stereocenters. The van der Waals surface area contributed by atoms with Gasteiger partial charge in [0.05, 0.1) is 17.6 Å². The van der Waals surface area contributed by atoms with E-state index >= 15 is 0 Å². The van der Waals surface area contributed by atoms with E-state index in [0.717, 1.165) is 42.2 Å². The number of carbonyl (C=O) groups is 1. The lowest BCUT2D eigenvalue weighted by atomic mass is 9.79. The van der Waals surface area contributed by atoms with Crippen molar-refractivity contribution in [2.45, 2.75) is 44.3 Å². The maximum Gasteiger partial charge on any atom is 0.213 e. The van der Waals surface area contributed by atoms with Crippen LogP contribution in [0.25, 0.3) is 0 Å². The molecule has 0 spiro atoms. The SMILES string of the molecule is CN(C=O)C1=C(N(C)c2ccc(NC3CC(C)(F)C3)nc2)CCC=C1. The van der Waals surface area contributed by atoms with Crippen LogP contribution in [0.15, 0.2) is 41.9 Å². The quantitative estimate of drug-likeness (QED) is 0.803. The van der Waals surface area contributed by atoms with Gasteiger partial charge in [-0.15, -0.1) is 0 Å². The van der Waals surface area contributed by atoms with Gasteiger partial charge in [-0.25, -0.2) is 9.37 Å². The number of amides is 1. The van der Waals surface area contributed by atoms with E-state index in [9.17, 15) is 9.18 Å². The summed E-state index contributed by atoms with van der Waals surface area (Å²) < 4.78 is 13.6. The van der Waals surface area contributed by atoms with Gasteiger partial charge in [-0.2, -0.15) is 0 Å². The van der Waals surface area contributed by atoms with Crippen molar-refractivity contribution in [1.82, 2.24) is 9.88 Å². The molecule has 0 radical (unpaired) electrons. The summed E-state index contributed by atoms with van der Waals surface area (Å²) in [4.78, 5) is 19.2. The predicted octanol–water partition coefficient (Wildman–Crippen LogP) is 3.47. The second-order valence-corrected chi connectivity index (χ2v) is 7.11. The Morgan fingerprint density at radius 1 is 1.36 bits per heavy atom. The predicted molar refractivity (Wildman–Crippen MR) is 98.0 cm³/mol. The third-order valence-corrected chi connectivity index (χ3v) is 4.89. The molecule has 1 aromatic heterocycles. The molecule has 0 aromatic carbocycles. The third kappa shape index (κ3) is 3.83. The van der Waals surface area contributed by atoms with Crippen LogP contribution >= 0.6 is 0 Å². The second kappa shape index (κ2) is 6.86. The lowest BCUT2D eigenvalue weighted by Crippen LogP contribution is -2.45. The van der Waals surface area contributed by atoms with E-state index in [4.69, 9.17) is 0 Å². The minimum atomic E-state index is -1.04. The van der Waals surface area contributed by atoms with Crippen LogP contribution in [0.1, 0.15) is 32.6 Å². The zero-order valence-corrected chi connectivity index (χ0v) is 15.0. The molecule has 0 aliphatic heterocycles. The molecule has 25 heavy (non-hydrogen) atoms. The highest BCUT2D eigenvalue weighted by Gasteiger charge is 2.40. The average molecular weight is 344 g/mol. The van der Waals surface area contributed by atoms with Crippen LogP contribution in [0, 0.1) is 0 Å². The van der Waals surface area contributed by atoms with Crippen LogP contribution in [0.4, 0.5) is 15.9 Å². The highest BCUT2D eigenvalue weighted by atomic mass is 19.1. The van der Waals surface area contributed by atoms with Crippen molar-refractivity contribution >= 4 is 17.9 Å². The monoisotopic (exact) mass is 344 g/mol. The van der Waals surface area contributed by atoms with Crippen molar-refractivity contribution in [3.8, 4) is 0 Å². The van der Waals surface area contributed by atoms with Crippen LogP contribution < -0.4 is 10.2 Å². The first-order valence-corrected chi connectivity index (χ1v) is 8.63. The van der Waals surface area contributed by atoms with Gasteiger partial charge in [0.2, 0.25) is 6.41 Å². The standard InChI is InChI=1S/C19H25FN4O/c1-19(20)10-14(11-19)22-18-9-8-15(12-21-18)24(3)17-7-5-4-6-16(17)23(2)13-25/h4,6,8-9,12-14H,5,7,10-11H2,1-3H3,(H,21,22). The normalized spacial score (nSPS) is 25.4. The van der Waals surface area contributed by atoms with Gasteiger partial charge in [0.1, 0.15) is 11.5 Å². The number of carbonyl (C=O) groups excluding carboxylic acids is 1. The largest absolute Gasteiger partial charge is 0.367 e. The highest BCUT2D eigenvalue weighted by Crippen LogP contribution is 2.37. The minimum absolute atomic E-state index is 0.158. The number of anilines is 2. The summed E-state index contributed by atoms with van der Waals surface area (Å²) in [7, 11) is 3.74. The van der Waals surface area contributed by atoms with Crippen LogP contribution in [-0.2, 0) is 4.79 Å². The molecule has 5 nitrogen and oxygen atoms in total. The fourth-order valence-electron chi connectivity index (χ4n) is 3.46. The van der Waals surface area contributed by atoms with Crippen molar-refractivity contribution in [3.05, 3.63) is 41.9 Å². The van der Waals surface area contributed by atoms with E-state index in [2.05, 4.69) is 21.3 Å². The molecule has 1 heterocycles. The smallest absolute Gasteiger partial charge is 0.213 e. The van der Waals surface area contributed by atoms with Gasteiger partial charge >= 0.3 is 0 Å². The first-order valence-electron chi connectivity index (χ1n) is 8.63. The van der Waals surface area contributed by atoms with Crippen molar-refractivity contribution in [2.24, 2.45) is 0 Å². The summed E-state index contributed by atoms with van der Waals surface area (Å²) in [6.45, 7) is 1.64. The molecule has 1 aromatic rings. The van der Waals surface area contributed by atoms with Gasteiger partial charge in [-0.1, -0.05) is 6.08 Å². The molecule has 2 aliphatic rings. The number of likely N-dealkylation sites (N-methyl/N-ethyl adjacent to an activating group) is 1. The molecule has 0 atom stereocenters. The Hall–Kier alpha value is -2.37. The molecule has 134 valence electrons. The first-order chi connectivity index (χ1) is 11.9. The van der Waals surface area contributed by atoms with Crippen molar-refractivity contribution in [3.63, 3.8) is 0 Å². The number of nitrogens with zero attached hydrogens (tertiary/aromatic N) is 3. The van der Waals surface area contributed by atoms with E-state index in [0.29, 0.717) is 12.8 Å². The fourth-order valence-corrected chi connectivity index (χ4v) is 3.46. The number of alkyl halides is 1. The van der Waals surface area contributed by atoms with E-state index in [-0.39, 0.29) is 6.04 Å². The molecule has 1 amide bonds. The molecule has 3 rings (SSSR count). The van der Waals surface area contributed by atoms with Crippen LogP contribution in [0.2, 0.25) is 0 Å².